The Morgan fingerprint density at radius 1 is 1.41 bits per heavy atom. The van der Waals surface area contributed by atoms with E-state index < -0.39 is 0 Å². The molecular formula is C13H19Cl2NO. The fourth-order valence-corrected chi connectivity index (χ4v) is 2.03. The van der Waals surface area contributed by atoms with E-state index in [-0.39, 0.29) is 24.0 Å². The number of rotatable bonds is 2. The number of halogens is 2. The fourth-order valence-electron chi connectivity index (χ4n) is 1.82. The highest BCUT2D eigenvalue weighted by Crippen LogP contribution is 2.22. The van der Waals surface area contributed by atoms with E-state index in [1.54, 1.807) is 0 Å². The smallest absolute Gasteiger partial charge is 0.112 e. The second-order valence-corrected chi connectivity index (χ2v) is 5.55. The molecule has 1 fully saturated rings. The summed E-state index contributed by atoms with van der Waals surface area (Å²) in [7, 11) is 0. The van der Waals surface area contributed by atoms with E-state index in [9.17, 15) is 0 Å². The van der Waals surface area contributed by atoms with Gasteiger partial charge in [-0.1, -0.05) is 43.6 Å². The van der Waals surface area contributed by atoms with Crippen LogP contribution in [0.3, 0.4) is 0 Å². The van der Waals surface area contributed by atoms with Crippen LogP contribution in [0.5, 0.6) is 0 Å². The molecule has 0 amide bonds. The predicted molar refractivity (Wildman–Crippen MR) is 73.9 cm³/mol. The molecule has 1 atom stereocenters. The van der Waals surface area contributed by atoms with Gasteiger partial charge in [-0.3, -0.25) is 5.32 Å². The van der Waals surface area contributed by atoms with E-state index in [1.807, 2.05) is 24.3 Å². The molecule has 2 nitrogen and oxygen atoms in total. The van der Waals surface area contributed by atoms with Crippen molar-refractivity contribution in [1.29, 1.82) is 0 Å². The van der Waals surface area contributed by atoms with E-state index in [1.165, 1.54) is 0 Å². The van der Waals surface area contributed by atoms with Crippen molar-refractivity contribution in [2.45, 2.75) is 26.5 Å². The Kier molecular flexibility index (Phi) is 5.26. The molecule has 1 aromatic carbocycles. The topological polar surface area (TPSA) is 21.3 Å². The van der Waals surface area contributed by atoms with E-state index in [4.69, 9.17) is 16.3 Å². The first kappa shape index (κ1) is 14.8. The molecule has 0 radical (unpaired) electrons. The maximum absolute atomic E-state index is 6.12. The van der Waals surface area contributed by atoms with Gasteiger partial charge in [0.2, 0.25) is 0 Å². The predicted octanol–water partition coefficient (Wildman–Crippen LogP) is 3.28. The van der Waals surface area contributed by atoms with Gasteiger partial charge in [0.15, 0.2) is 0 Å². The van der Waals surface area contributed by atoms with Crippen LogP contribution in [0.4, 0.5) is 0 Å². The first-order valence-electron chi connectivity index (χ1n) is 5.65. The molecule has 1 heterocycles. The lowest BCUT2D eigenvalue weighted by atomic mass is 9.93. The van der Waals surface area contributed by atoms with Gasteiger partial charge in [-0.15, -0.1) is 12.4 Å². The zero-order valence-electron chi connectivity index (χ0n) is 10.2. The molecule has 0 aliphatic carbocycles. The first-order chi connectivity index (χ1) is 7.57. The molecule has 0 bridgehead atoms. The van der Waals surface area contributed by atoms with Crippen molar-refractivity contribution in [3.05, 3.63) is 34.9 Å². The highest BCUT2D eigenvalue weighted by Gasteiger charge is 2.27. The maximum Gasteiger partial charge on any atom is 0.112 e. The van der Waals surface area contributed by atoms with Gasteiger partial charge in [0, 0.05) is 23.4 Å². The number of benzene rings is 1. The van der Waals surface area contributed by atoms with Gasteiger partial charge >= 0.3 is 0 Å². The molecule has 0 saturated carbocycles. The molecule has 1 aromatic rings. The number of ether oxygens (including phenoxy) is 1. The summed E-state index contributed by atoms with van der Waals surface area (Å²) in [6.07, 6.45) is 0.920. The molecule has 1 aliphatic rings. The van der Waals surface area contributed by atoms with Crippen LogP contribution in [0, 0.1) is 5.41 Å². The van der Waals surface area contributed by atoms with Crippen molar-refractivity contribution < 1.29 is 4.74 Å². The number of hydrogen-bond donors (Lipinski definition) is 1. The molecule has 0 aromatic heterocycles. The van der Waals surface area contributed by atoms with Crippen molar-refractivity contribution in [2.24, 2.45) is 5.41 Å². The quantitative estimate of drug-likeness (QED) is 0.895. The maximum atomic E-state index is 6.12. The molecule has 2 rings (SSSR count). The standard InChI is InChI=1S/C13H18ClNO.ClH/c1-13(2)8-15-12(16-9-13)7-10-5-3-4-6-11(10)14;/h3-6,12,15H,7-9H2,1-2H3;1H. The summed E-state index contributed by atoms with van der Waals surface area (Å²) in [5, 5.41) is 4.22. The average molecular weight is 276 g/mol. The Balaban J connectivity index is 0.00000144. The molecule has 1 N–H and O–H groups in total. The molecule has 1 unspecified atom stereocenters. The largest absolute Gasteiger partial charge is 0.362 e. The lowest BCUT2D eigenvalue weighted by Gasteiger charge is -2.35. The van der Waals surface area contributed by atoms with Crippen LogP contribution in [0.1, 0.15) is 19.4 Å². The molecule has 17 heavy (non-hydrogen) atoms. The van der Waals surface area contributed by atoms with Crippen LogP contribution in [-0.4, -0.2) is 19.4 Å². The minimum Gasteiger partial charge on any atom is -0.362 e. The van der Waals surface area contributed by atoms with Crippen LogP contribution in [0.2, 0.25) is 5.02 Å². The molecule has 1 saturated heterocycles. The van der Waals surface area contributed by atoms with Gasteiger partial charge in [-0.05, 0) is 11.6 Å². The zero-order valence-corrected chi connectivity index (χ0v) is 11.8. The summed E-state index contributed by atoms with van der Waals surface area (Å²) in [6, 6.07) is 7.93. The molecular weight excluding hydrogens is 257 g/mol. The summed E-state index contributed by atoms with van der Waals surface area (Å²) in [4.78, 5) is 0. The van der Waals surface area contributed by atoms with Gasteiger partial charge in [-0.2, -0.15) is 0 Å². The van der Waals surface area contributed by atoms with Gasteiger partial charge < -0.3 is 4.74 Å². The van der Waals surface area contributed by atoms with Crippen LogP contribution in [0.25, 0.3) is 0 Å². The van der Waals surface area contributed by atoms with Crippen molar-refractivity contribution >= 4 is 24.0 Å². The number of hydrogen-bond acceptors (Lipinski definition) is 2. The average Bonchev–Trinajstić information content (AvgIpc) is 2.24. The second kappa shape index (κ2) is 6.05. The number of nitrogens with one attached hydrogen (secondary N) is 1. The Labute approximate surface area is 114 Å². The monoisotopic (exact) mass is 275 g/mol. The Morgan fingerprint density at radius 2 is 2.12 bits per heavy atom. The van der Waals surface area contributed by atoms with Crippen molar-refractivity contribution in [2.75, 3.05) is 13.2 Å². The molecule has 4 heteroatoms. The second-order valence-electron chi connectivity index (χ2n) is 5.14. The summed E-state index contributed by atoms with van der Waals surface area (Å²) >= 11 is 6.12. The first-order valence-corrected chi connectivity index (χ1v) is 6.03. The fraction of sp³-hybridized carbons (Fsp3) is 0.538. The van der Waals surface area contributed by atoms with Crippen molar-refractivity contribution in [3.63, 3.8) is 0 Å². The van der Waals surface area contributed by atoms with E-state index >= 15 is 0 Å². The molecule has 0 spiro atoms. The van der Waals surface area contributed by atoms with E-state index in [0.717, 1.165) is 30.2 Å². The minimum absolute atomic E-state index is 0. The van der Waals surface area contributed by atoms with Gasteiger partial charge in [-0.25, -0.2) is 0 Å². The third-order valence-corrected chi connectivity index (χ3v) is 3.22. The molecule has 1 aliphatic heterocycles. The normalized spacial score (nSPS) is 22.9. The highest BCUT2D eigenvalue weighted by atomic mass is 35.5. The Bertz CT molecular complexity index is 358. The van der Waals surface area contributed by atoms with Crippen LogP contribution >= 0.6 is 24.0 Å². The van der Waals surface area contributed by atoms with Gasteiger partial charge in [0.1, 0.15) is 6.23 Å². The van der Waals surface area contributed by atoms with E-state index in [0.29, 0.717) is 0 Å². The Hall–Kier alpha value is -0.280. The summed E-state index contributed by atoms with van der Waals surface area (Å²) < 4.78 is 5.78. The minimum atomic E-state index is 0. The third kappa shape index (κ3) is 4.14. The lowest BCUT2D eigenvalue weighted by molar-refractivity contribution is -0.0566. The van der Waals surface area contributed by atoms with E-state index in [2.05, 4.69) is 19.2 Å². The summed E-state index contributed by atoms with van der Waals surface area (Å²) in [5.41, 5.74) is 1.37. The Morgan fingerprint density at radius 3 is 2.71 bits per heavy atom. The summed E-state index contributed by atoms with van der Waals surface area (Å²) in [6.45, 7) is 6.19. The van der Waals surface area contributed by atoms with Crippen LogP contribution < -0.4 is 5.32 Å². The lowest BCUT2D eigenvalue weighted by Crippen LogP contribution is -2.48. The van der Waals surface area contributed by atoms with Crippen molar-refractivity contribution in [3.8, 4) is 0 Å². The van der Waals surface area contributed by atoms with Gasteiger partial charge in [0.25, 0.3) is 0 Å². The zero-order chi connectivity index (χ0) is 11.6. The van der Waals surface area contributed by atoms with Crippen LogP contribution in [0.15, 0.2) is 24.3 Å². The summed E-state index contributed by atoms with van der Waals surface area (Å²) in [5.74, 6) is 0. The molecule has 96 valence electrons. The van der Waals surface area contributed by atoms with Crippen LogP contribution in [-0.2, 0) is 11.2 Å². The SMILES string of the molecule is CC1(C)CNC(Cc2ccccc2Cl)OC1.Cl. The van der Waals surface area contributed by atoms with Gasteiger partial charge in [0.05, 0.1) is 6.61 Å². The highest BCUT2D eigenvalue weighted by molar-refractivity contribution is 6.31. The van der Waals surface area contributed by atoms with Crippen molar-refractivity contribution in [1.82, 2.24) is 5.32 Å². The third-order valence-electron chi connectivity index (χ3n) is 2.85.